The van der Waals surface area contributed by atoms with E-state index in [1.807, 2.05) is 26.0 Å². The highest BCUT2D eigenvalue weighted by atomic mass is 32.2. The lowest BCUT2D eigenvalue weighted by Gasteiger charge is -2.18. The Hall–Kier alpha value is -3.11. The molecule has 3 N–H and O–H groups in total. The maximum atomic E-state index is 11.9. The largest absolute Gasteiger partial charge is 0.483 e. The second-order valence-electron chi connectivity index (χ2n) is 7.35. The average Bonchev–Trinajstić information content (AvgIpc) is 2.98. The summed E-state index contributed by atoms with van der Waals surface area (Å²) in [6, 6.07) is 10.7. The van der Waals surface area contributed by atoms with Gasteiger partial charge in [-0.05, 0) is 44.2 Å². The number of hydrogen-bond acceptors (Lipinski definition) is 7. The van der Waals surface area contributed by atoms with Crippen molar-refractivity contribution < 1.29 is 32.2 Å². The summed E-state index contributed by atoms with van der Waals surface area (Å²) in [6.07, 6.45) is 0.738. The third-order valence-corrected chi connectivity index (χ3v) is 5.16. The standard InChI is InChI=1S/C20H22N2O7S/c1-20(2)10-13-4-3-5-16(19(13)29-20)27-12-18(24)28-11-17(23)22-14-6-8-15(9-7-14)30(21,25)26/h3-9H,10-12H2,1-2H3,(H,22,23)(H2,21,25,26). The van der Waals surface area contributed by atoms with E-state index in [1.165, 1.54) is 24.3 Å². The molecule has 2 aromatic rings. The number of rotatable bonds is 7. The number of primary sulfonamides is 1. The summed E-state index contributed by atoms with van der Waals surface area (Å²) in [5, 5.41) is 7.49. The van der Waals surface area contributed by atoms with Crippen molar-refractivity contribution in [2.45, 2.75) is 30.8 Å². The van der Waals surface area contributed by atoms with Crippen LogP contribution in [-0.2, 0) is 30.8 Å². The van der Waals surface area contributed by atoms with Gasteiger partial charge in [0.15, 0.2) is 24.7 Å². The molecule has 0 saturated carbocycles. The van der Waals surface area contributed by atoms with Crippen molar-refractivity contribution in [2.24, 2.45) is 5.14 Å². The van der Waals surface area contributed by atoms with Crippen LogP contribution in [-0.4, -0.2) is 39.1 Å². The van der Waals surface area contributed by atoms with Crippen molar-refractivity contribution in [1.82, 2.24) is 0 Å². The van der Waals surface area contributed by atoms with E-state index in [9.17, 15) is 18.0 Å². The highest BCUT2D eigenvalue weighted by molar-refractivity contribution is 7.89. The number of anilines is 1. The van der Waals surface area contributed by atoms with E-state index in [1.54, 1.807) is 6.07 Å². The van der Waals surface area contributed by atoms with Gasteiger partial charge in [-0.3, -0.25) is 4.79 Å². The van der Waals surface area contributed by atoms with Crippen LogP contribution in [0.25, 0.3) is 0 Å². The molecule has 3 rings (SSSR count). The van der Waals surface area contributed by atoms with Gasteiger partial charge in [-0.1, -0.05) is 12.1 Å². The summed E-state index contributed by atoms with van der Waals surface area (Å²) < 4.78 is 38.7. The summed E-state index contributed by atoms with van der Waals surface area (Å²) in [4.78, 5) is 23.7. The van der Waals surface area contributed by atoms with E-state index in [-0.39, 0.29) is 17.1 Å². The van der Waals surface area contributed by atoms with Gasteiger partial charge < -0.3 is 19.5 Å². The van der Waals surface area contributed by atoms with Crippen molar-refractivity contribution in [3.63, 3.8) is 0 Å². The first-order chi connectivity index (χ1) is 14.0. The van der Waals surface area contributed by atoms with Crippen LogP contribution in [0.4, 0.5) is 5.69 Å². The highest BCUT2D eigenvalue weighted by Gasteiger charge is 2.32. The van der Waals surface area contributed by atoms with Crippen LogP contribution >= 0.6 is 0 Å². The predicted octanol–water partition coefficient (Wildman–Crippen LogP) is 1.61. The molecule has 0 saturated heterocycles. The van der Waals surface area contributed by atoms with Crippen LogP contribution < -0.4 is 19.9 Å². The summed E-state index contributed by atoms with van der Waals surface area (Å²) in [5.74, 6) is -0.257. The van der Waals surface area contributed by atoms with Gasteiger partial charge in [0.05, 0.1) is 4.90 Å². The van der Waals surface area contributed by atoms with Crippen LogP contribution in [0.3, 0.4) is 0 Å². The molecule has 1 heterocycles. The molecule has 0 aliphatic carbocycles. The highest BCUT2D eigenvalue weighted by Crippen LogP contribution is 2.41. The number of carbonyl (C=O) groups excluding carboxylic acids is 2. The molecule has 0 spiro atoms. The summed E-state index contributed by atoms with van der Waals surface area (Å²) >= 11 is 0. The van der Waals surface area contributed by atoms with Gasteiger partial charge in [0, 0.05) is 17.7 Å². The maximum Gasteiger partial charge on any atom is 0.344 e. The van der Waals surface area contributed by atoms with Gasteiger partial charge in [-0.2, -0.15) is 0 Å². The fraction of sp³-hybridized carbons (Fsp3) is 0.300. The van der Waals surface area contributed by atoms with E-state index < -0.39 is 28.5 Å². The number of nitrogens with two attached hydrogens (primary N) is 1. The zero-order chi connectivity index (χ0) is 21.9. The van der Waals surface area contributed by atoms with Gasteiger partial charge in [0.2, 0.25) is 10.0 Å². The smallest absolute Gasteiger partial charge is 0.344 e. The third kappa shape index (κ3) is 5.49. The number of benzene rings is 2. The first-order valence-electron chi connectivity index (χ1n) is 9.05. The van der Waals surface area contributed by atoms with Crippen molar-refractivity contribution in [3.05, 3.63) is 48.0 Å². The van der Waals surface area contributed by atoms with Crippen LogP contribution in [0.5, 0.6) is 11.5 Å². The number of sulfonamides is 1. The summed E-state index contributed by atoms with van der Waals surface area (Å²) in [6.45, 7) is 3.03. The van der Waals surface area contributed by atoms with Gasteiger partial charge in [-0.15, -0.1) is 0 Å². The SMILES string of the molecule is CC1(C)Cc2cccc(OCC(=O)OCC(=O)Nc3ccc(S(N)(=O)=O)cc3)c2O1. The Labute approximate surface area is 174 Å². The van der Waals surface area contributed by atoms with E-state index in [0.717, 1.165) is 12.0 Å². The molecule has 2 aromatic carbocycles. The lowest BCUT2D eigenvalue weighted by atomic mass is 10.0. The number of esters is 1. The average molecular weight is 434 g/mol. The Morgan fingerprint density at radius 3 is 2.50 bits per heavy atom. The molecule has 0 unspecified atom stereocenters. The van der Waals surface area contributed by atoms with Crippen molar-refractivity contribution in [2.75, 3.05) is 18.5 Å². The molecule has 0 atom stereocenters. The minimum absolute atomic E-state index is 0.0798. The number of amides is 1. The van der Waals surface area contributed by atoms with Crippen LogP contribution in [0.1, 0.15) is 19.4 Å². The van der Waals surface area contributed by atoms with E-state index in [4.69, 9.17) is 19.3 Å². The Balaban J connectivity index is 1.47. The molecule has 10 heteroatoms. The van der Waals surface area contributed by atoms with Crippen LogP contribution in [0.2, 0.25) is 0 Å². The molecule has 0 aromatic heterocycles. The molecule has 1 aliphatic rings. The first-order valence-corrected chi connectivity index (χ1v) is 10.6. The number of carbonyl (C=O) groups is 2. The summed E-state index contributed by atoms with van der Waals surface area (Å²) in [7, 11) is -3.81. The number of hydrogen-bond donors (Lipinski definition) is 2. The first kappa shape index (κ1) is 21.6. The molecule has 1 amide bonds. The molecule has 1 aliphatic heterocycles. The monoisotopic (exact) mass is 434 g/mol. The van der Waals surface area contributed by atoms with Crippen molar-refractivity contribution in [1.29, 1.82) is 0 Å². The molecule has 0 fully saturated rings. The maximum absolute atomic E-state index is 11.9. The Bertz CT molecular complexity index is 1060. The quantitative estimate of drug-likeness (QED) is 0.632. The Kier molecular flexibility index (Phi) is 5.99. The topological polar surface area (TPSA) is 134 Å². The second-order valence-corrected chi connectivity index (χ2v) is 8.91. The molecular weight excluding hydrogens is 412 g/mol. The molecule has 0 bridgehead atoms. The van der Waals surface area contributed by atoms with E-state index in [0.29, 0.717) is 17.2 Å². The van der Waals surface area contributed by atoms with E-state index >= 15 is 0 Å². The fourth-order valence-corrected chi connectivity index (χ4v) is 3.47. The second kappa shape index (κ2) is 8.33. The number of nitrogens with one attached hydrogen (secondary N) is 1. The van der Waals surface area contributed by atoms with Crippen LogP contribution in [0, 0.1) is 0 Å². The van der Waals surface area contributed by atoms with Gasteiger partial charge in [-0.25, -0.2) is 18.4 Å². The summed E-state index contributed by atoms with van der Waals surface area (Å²) in [5.41, 5.74) is 0.991. The number of ether oxygens (including phenoxy) is 3. The lowest BCUT2D eigenvalue weighted by molar-refractivity contribution is -0.149. The third-order valence-electron chi connectivity index (χ3n) is 4.23. The minimum Gasteiger partial charge on any atom is -0.483 e. The minimum atomic E-state index is -3.81. The molecule has 160 valence electrons. The normalized spacial score (nSPS) is 14.4. The number of para-hydroxylation sites is 1. The Morgan fingerprint density at radius 2 is 1.83 bits per heavy atom. The van der Waals surface area contributed by atoms with Crippen molar-refractivity contribution >= 4 is 27.6 Å². The zero-order valence-corrected chi connectivity index (χ0v) is 17.3. The zero-order valence-electron chi connectivity index (χ0n) is 16.5. The molecular formula is C20H22N2O7S. The number of fused-ring (bicyclic) bond motifs is 1. The van der Waals surface area contributed by atoms with Gasteiger partial charge in [0.25, 0.3) is 5.91 Å². The van der Waals surface area contributed by atoms with Gasteiger partial charge in [0.1, 0.15) is 5.60 Å². The molecule has 0 radical (unpaired) electrons. The van der Waals surface area contributed by atoms with Crippen LogP contribution in [0.15, 0.2) is 47.4 Å². The predicted molar refractivity (Wildman–Crippen MR) is 108 cm³/mol. The van der Waals surface area contributed by atoms with Gasteiger partial charge >= 0.3 is 5.97 Å². The molecule has 9 nitrogen and oxygen atoms in total. The Morgan fingerprint density at radius 1 is 1.13 bits per heavy atom. The van der Waals surface area contributed by atoms with Crippen molar-refractivity contribution in [3.8, 4) is 11.5 Å². The molecule has 30 heavy (non-hydrogen) atoms. The lowest BCUT2D eigenvalue weighted by Crippen LogP contribution is -2.25. The fourth-order valence-electron chi connectivity index (χ4n) is 2.95. The van der Waals surface area contributed by atoms with E-state index in [2.05, 4.69) is 5.32 Å².